The number of benzene rings is 1. The number of aryl methyl sites for hydroxylation is 1. The molecule has 0 aromatic heterocycles. The van der Waals surface area contributed by atoms with Crippen molar-refractivity contribution < 1.29 is 67.7 Å². The van der Waals surface area contributed by atoms with Gasteiger partial charge in [0.2, 0.25) is 0 Å². The van der Waals surface area contributed by atoms with E-state index in [0.29, 0.717) is 32.4 Å². The number of hydrogen-bond donors (Lipinski definition) is 3. The molecule has 0 amide bonds. The van der Waals surface area contributed by atoms with Crippen molar-refractivity contribution >= 4 is 24.2 Å². The lowest BCUT2D eigenvalue weighted by atomic mass is 9.71. The third-order valence-corrected chi connectivity index (χ3v) is 13.8. The molecule has 16 nitrogen and oxygen atoms in total. The highest BCUT2D eigenvalue weighted by Crippen LogP contribution is 2.42. The normalized spacial score (nSPS) is 36.7. The number of likely N-dealkylation sites (N-methyl/N-ethyl adjacent to an activating group) is 1. The molecule has 0 bridgehead atoms. The average Bonchev–Trinajstić information content (AvgIpc) is 3.25. The van der Waals surface area contributed by atoms with Crippen molar-refractivity contribution in [2.45, 2.75) is 198 Å². The number of methoxy groups -OCH3 is 1. The van der Waals surface area contributed by atoms with Gasteiger partial charge >= 0.3 is 17.9 Å². The van der Waals surface area contributed by atoms with Crippen LogP contribution in [0.25, 0.3) is 0 Å². The fourth-order valence-electron chi connectivity index (χ4n) is 10.3. The number of carbonyl (C=O) groups is 4. The highest BCUT2D eigenvalue weighted by atomic mass is 16.7. The number of cyclic esters (lactones) is 1. The zero-order valence-corrected chi connectivity index (χ0v) is 41.3. The average molecular weight is 935 g/mol. The lowest BCUT2D eigenvalue weighted by molar-refractivity contribution is -0.319. The minimum absolute atomic E-state index is 0.000625. The highest BCUT2D eigenvalue weighted by Gasteiger charge is 2.56. The number of esters is 3. The summed E-state index contributed by atoms with van der Waals surface area (Å²) >= 11 is 0. The number of nitrogens with zero attached hydrogens (tertiary/aromatic N) is 2. The monoisotopic (exact) mass is 935 g/mol. The Morgan fingerprint density at radius 1 is 0.970 bits per heavy atom. The molecular formula is C50H82N2O14. The van der Waals surface area contributed by atoms with Gasteiger partial charge in [-0.2, -0.15) is 0 Å². The van der Waals surface area contributed by atoms with Gasteiger partial charge in [0.15, 0.2) is 18.0 Å². The molecule has 3 heterocycles. The first-order valence-corrected chi connectivity index (χ1v) is 24.4. The van der Waals surface area contributed by atoms with Crippen molar-refractivity contribution in [1.29, 1.82) is 0 Å². The van der Waals surface area contributed by atoms with Gasteiger partial charge in [-0.3, -0.25) is 14.4 Å². The molecule has 3 N–H and O–H groups in total. The van der Waals surface area contributed by atoms with Crippen LogP contribution >= 0.6 is 0 Å². The largest absolute Gasteiger partial charge is 0.463 e. The quantitative estimate of drug-likeness (QED) is 0.0844. The van der Waals surface area contributed by atoms with Crippen LogP contribution in [0.15, 0.2) is 30.3 Å². The van der Waals surface area contributed by atoms with Crippen molar-refractivity contribution in [3.63, 3.8) is 0 Å². The molecule has 376 valence electrons. The standard InChI is InChI=1S/C50H82N2O14/c1-11-18-40(57)64-49-34(6)62-42(29-50(49,7)66-39(56)12-2)65-46-33(5)63-48(45(59)44(46)51(8)9)43-36(23-26-53)27-31(3)38(55)30-52(24-17-16-21-35-19-14-13-15-20-35)25-22-32(4)61-41(58)28-37(54)47(43)60-10/h13-15,19-20,26,31-34,36-38,42-49,54-55,59H,11-12,16-18,21-25,27-30H2,1-10H3/t31-,32-,33-,34+,36+,37-,38+,42-,43+,44-,45-,46-,47-,48+,49+,50-/m1/s1. The minimum Gasteiger partial charge on any atom is -0.463 e. The predicted molar refractivity (Wildman–Crippen MR) is 246 cm³/mol. The fraction of sp³-hybridized carbons (Fsp3) is 0.800. The smallest absolute Gasteiger partial charge is 0.308 e. The molecule has 3 aliphatic heterocycles. The Labute approximate surface area is 393 Å². The van der Waals surface area contributed by atoms with E-state index in [2.05, 4.69) is 17.0 Å². The number of ether oxygens (including phenoxy) is 7. The summed E-state index contributed by atoms with van der Waals surface area (Å²) in [5.74, 6) is -3.30. The van der Waals surface area contributed by atoms with Crippen molar-refractivity contribution in [2.75, 3.05) is 40.8 Å². The first-order chi connectivity index (χ1) is 31.4. The molecule has 66 heavy (non-hydrogen) atoms. The molecule has 4 rings (SSSR count). The van der Waals surface area contributed by atoms with Crippen LogP contribution in [0, 0.1) is 17.8 Å². The van der Waals surface area contributed by atoms with Gasteiger partial charge in [-0.15, -0.1) is 0 Å². The lowest BCUT2D eigenvalue weighted by Gasteiger charge is -2.53. The second-order valence-electron chi connectivity index (χ2n) is 19.5. The van der Waals surface area contributed by atoms with Gasteiger partial charge in [-0.05, 0) is 104 Å². The number of unbranched alkanes of at least 4 members (excludes halogenated alkanes) is 1. The molecule has 0 saturated carbocycles. The van der Waals surface area contributed by atoms with E-state index in [-0.39, 0.29) is 31.6 Å². The van der Waals surface area contributed by atoms with Crippen molar-refractivity contribution in [3.8, 4) is 0 Å². The Morgan fingerprint density at radius 3 is 2.32 bits per heavy atom. The molecule has 3 saturated heterocycles. The maximum Gasteiger partial charge on any atom is 0.308 e. The van der Waals surface area contributed by atoms with Crippen LogP contribution in [0.2, 0.25) is 0 Å². The van der Waals surface area contributed by atoms with Gasteiger partial charge in [-0.1, -0.05) is 51.1 Å². The predicted octanol–water partition coefficient (Wildman–Crippen LogP) is 4.64. The molecule has 1 aromatic carbocycles. The van der Waals surface area contributed by atoms with E-state index >= 15 is 0 Å². The van der Waals surface area contributed by atoms with Crippen molar-refractivity contribution in [3.05, 3.63) is 35.9 Å². The first kappa shape index (κ1) is 55.5. The van der Waals surface area contributed by atoms with Crippen LogP contribution in [0.4, 0.5) is 0 Å². The van der Waals surface area contributed by atoms with Crippen LogP contribution in [0.5, 0.6) is 0 Å². The number of aliphatic hydroxyl groups excluding tert-OH is 3. The Kier molecular flexibility index (Phi) is 22.4. The SMILES string of the molecule is CCCC(=O)O[C@H]1[C@H](C)O[C@H](O[C@H]2[C@H](N(C)C)[C@@H](O)[C@H]([C@H]3[C@@H](CC=O)C[C@@H](C)[C@@H](O)CN(CCCCc4ccccc4)CC[C@@H](C)OC(=O)C[C@@H](O)[C@H]3OC)O[C@@H]2C)C[C@@]1(C)OC(=O)CC. The van der Waals surface area contributed by atoms with Crippen LogP contribution in [0.3, 0.4) is 0 Å². The fourth-order valence-corrected chi connectivity index (χ4v) is 10.3. The summed E-state index contributed by atoms with van der Waals surface area (Å²) in [6, 6.07) is 9.56. The summed E-state index contributed by atoms with van der Waals surface area (Å²) in [6.07, 6.45) is -5.39. The van der Waals surface area contributed by atoms with Gasteiger partial charge in [0, 0.05) is 51.8 Å². The van der Waals surface area contributed by atoms with E-state index in [1.165, 1.54) is 12.7 Å². The zero-order valence-electron chi connectivity index (χ0n) is 41.3. The molecule has 16 atom stereocenters. The van der Waals surface area contributed by atoms with E-state index in [1.807, 2.05) is 43.9 Å². The molecule has 0 radical (unpaired) electrons. The summed E-state index contributed by atoms with van der Waals surface area (Å²) in [4.78, 5) is 55.5. The lowest BCUT2D eigenvalue weighted by Crippen LogP contribution is -2.67. The molecular weight excluding hydrogens is 853 g/mol. The summed E-state index contributed by atoms with van der Waals surface area (Å²) in [6.45, 7) is 14.2. The topological polar surface area (TPSA) is 200 Å². The van der Waals surface area contributed by atoms with E-state index in [9.17, 15) is 34.5 Å². The van der Waals surface area contributed by atoms with Crippen molar-refractivity contribution in [2.24, 2.45) is 17.8 Å². The highest BCUT2D eigenvalue weighted by molar-refractivity contribution is 5.71. The number of rotatable bonds is 17. The number of aliphatic hydroxyl groups is 3. The Balaban J connectivity index is 1.64. The van der Waals surface area contributed by atoms with Gasteiger partial charge < -0.3 is 63.1 Å². The van der Waals surface area contributed by atoms with Crippen molar-refractivity contribution in [1.82, 2.24) is 9.80 Å². The number of carbonyl (C=O) groups excluding carboxylic acids is 4. The Bertz CT molecular complexity index is 1640. The van der Waals surface area contributed by atoms with E-state index in [1.54, 1.807) is 41.8 Å². The second-order valence-corrected chi connectivity index (χ2v) is 19.5. The molecule has 3 aliphatic rings. The van der Waals surface area contributed by atoms with Gasteiger partial charge in [0.25, 0.3) is 0 Å². The molecule has 1 aromatic rings. The molecule has 16 heteroatoms. The maximum absolute atomic E-state index is 13.4. The molecule has 3 fully saturated rings. The van der Waals surface area contributed by atoms with Crippen LogP contribution in [-0.2, 0) is 58.8 Å². The van der Waals surface area contributed by atoms with Crippen LogP contribution in [-0.4, -0.2) is 169 Å². The molecule has 0 unspecified atom stereocenters. The third-order valence-electron chi connectivity index (χ3n) is 13.8. The van der Waals surface area contributed by atoms with E-state index in [4.69, 9.17) is 33.2 Å². The van der Waals surface area contributed by atoms with Crippen LogP contribution in [0.1, 0.15) is 118 Å². The Morgan fingerprint density at radius 2 is 1.68 bits per heavy atom. The summed E-state index contributed by atoms with van der Waals surface area (Å²) in [7, 11) is 5.01. The minimum atomic E-state index is -1.40. The number of hydrogen-bond acceptors (Lipinski definition) is 16. The number of aldehydes is 1. The van der Waals surface area contributed by atoms with Gasteiger partial charge in [-0.25, -0.2) is 0 Å². The second kappa shape index (κ2) is 26.6. The zero-order chi connectivity index (χ0) is 48.7. The molecule has 0 aliphatic carbocycles. The van der Waals surface area contributed by atoms with E-state index < -0.39 is 115 Å². The van der Waals surface area contributed by atoms with Gasteiger partial charge in [0.05, 0.1) is 55.2 Å². The maximum atomic E-state index is 13.4. The van der Waals surface area contributed by atoms with Gasteiger partial charge in [0.1, 0.15) is 18.5 Å². The van der Waals surface area contributed by atoms with E-state index in [0.717, 1.165) is 32.1 Å². The summed E-state index contributed by atoms with van der Waals surface area (Å²) in [5.41, 5.74) is -0.0358. The Hall–Kier alpha value is -3.06. The molecule has 0 spiro atoms. The van der Waals surface area contributed by atoms with Crippen LogP contribution < -0.4 is 0 Å². The first-order valence-electron chi connectivity index (χ1n) is 24.4. The third kappa shape index (κ3) is 15.5. The summed E-state index contributed by atoms with van der Waals surface area (Å²) in [5, 5.41) is 36.3. The summed E-state index contributed by atoms with van der Waals surface area (Å²) < 4.78 is 43.5. The number of β-amino-alcohol motifs (C(OH)–C–C–N with tert-alkyl or cyclic N) is 1.